The zero-order valence-electron chi connectivity index (χ0n) is 11.5. The Kier molecular flexibility index (Phi) is 4.45. The summed E-state index contributed by atoms with van der Waals surface area (Å²) in [6.07, 6.45) is 2.98. The minimum absolute atomic E-state index is 0.227. The summed E-state index contributed by atoms with van der Waals surface area (Å²) in [7, 11) is -3.59. The summed E-state index contributed by atoms with van der Waals surface area (Å²) >= 11 is 0. The first-order valence-electron chi connectivity index (χ1n) is 6.84. The maximum atomic E-state index is 12.3. The van der Waals surface area contributed by atoms with Gasteiger partial charge in [-0.15, -0.1) is 0 Å². The second-order valence-corrected chi connectivity index (χ2v) is 6.88. The van der Waals surface area contributed by atoms with Gasteiger partial charge >= 0.3 is 0 Å². The van der Waals surface area contributed by atoms with E-state index in [1.807, 2.05) is 6.92 Å². The molecule has 1 aliphatic rings. The monoisotopic (exact) mass is 296 g/mol. The lowest BCUT2D eigenvalue weighted by Crippen LogP contribution is -2.42. The smallest absolute Gasteiger partial charge is 0.240 e. The Hall–Kier alpha value is -1.40. The topological polar surface area (TPSA) is 89.3 Å². The number of rotatable bonds is 5. The molecule has 1 amide bonds. The van der Waals surface area contributed by atoms with Crippen LogP contribution in [-0.4, -0.2) is 20.4 Å². The van der Waals surface area contributed by atoms with E-state index in [2.05, 4.69) is 4.72 Å². The third kappa shape index (κ3) is 3.19. The van der Waals surface area contributed by atoms with Crippen molar-refractivity contribution in [2.24, 2.45) is 11.7 Å². The molecular weight excluding hydrogens is 276 g/mol. The van der Waals surface area contributed by atoms with Gasteiger partial charge in [0.1, 0.15) is 0 Å². The zero-order valence-corrected chi connectivity index (χ0v) is 12.3. The number of primary amides is 1. The van der Waals surface area contributed by atoms with Gasteiger partial charge in [0.25, 0.3) is 0 Å². The largest absolute Gasteiger partial charge is 0.369 e. The van der Waals surface area contributed by atoms with Crippen LogP contribution in [0.4, 0.5) is 0 Å². The molecule has 1 aliphatic carbocycles. The molecule has 6 heteroatoms. The van der Waals surface area contributed by atoms with Crippen LogP contribution in [-0.2, 0) is 21.2 Å². The van der Waals surface area contributed by atoms with Gasteiger partial charge < -0.3 is 5.73 Å². The van der Waals surface area contributed by atoms with Crippen molar-refractivity contribution in [3.05, 3.63) is 29.8 Å². The number of hydrogen-bond acceptors (Lipinski definition) is 3. The van der Waals surface area contributed by atoms with Gasteiger partial charge in [-0.2, -0.15) is 0 Å². The summed E-state index contributed by atoms with van der Waals surface area (Å²) in [5.41, 5.74) is 6.39. The quantitative estimate of drug-likeness (QED) is 0.855. The number of aryl methyl sites for hydroxylation is 1. The van der Waals surface area contributed by atoms with Gasteiger partial charge in [0.15, 0.2) is 0 Å². The van der Waals surface area contributed by atoms with Crippen LogP contribution in [0.3, 0.4) is 0 Å². The highest BCUT2D eigenvalue weighted by molar-refractivity contribution is 7.89. The minimum Gasteiger partial charge on any atom is -0.369 e. The normalized spacial score (nSPS) is 22.9. The lowest BCUT2D eigenvalue weighted by Gasteiger charge is -2.18. The van der Waals surface area contributed by atoms with Crippen LogP contribution < -0.4 is 10.5 Å². The maximum absolute atomic E-state index is 12.3. The van der Waals surface area contributed by atoms with Gasteiger partial charge in [0.2, 0.25) is 15.9 Å². The first kappa shape index (κ1) is 15.0. The van der Waals surface area contributed by atoms with Gasteiger partial charge in [-0.3, -0.25) is 4.79 Å². The predicted molar refractivity (Wildman–Crippen MR) is 76.5 cm³/mol. The molecule has 5 nitrogen and oxygen atoms in total. The van der Waals surface area contributed by atoms with Gasteiger partial charge in [0, 0.05) is 6.04 Å². The summed E-state index contributed by atoms with van der Waals surface area (Å²) in [5.74, 6) is -0.837. The molecule has 0 bridgehead atoms. The third-order valence-electron chi connectivity index (χ3n) is 3.83. The molecule has 0 saturated heterocycles. The van der Waals surface area contributed by atoms with Crippen LogP contribution in [0.2, 0.25) is 0 Å². The molecule has 0 spiro atoms. The predicted octanol–water partition coefficient (Wildman–Crippen LogP) is 1.18. The fourth-order valence-electron chi connectivity index (χ4n) is 2.61. The molecule has 0 aliphatic heterocycles. The van der Waals surface area contributed by atoms with Crippen LogP contribution in [0, 0.1) is 5.92 Å². The number of nitrogens with two attached hydrogens (primary N) is 1. The fourth-order valence-corrected chi connectivity index (χ4v) is 3.92. The van der Waals surface area contributed by atoms with E-state index in [0.717, 1.165) is 18.4 Å². The van der Waals surface area contributed by atoms with Gasteiger partial charge in [-0.05, 0) is 37.0 Å². The van der Waals surface area contributed by atoms with E-state index in [1.54, 1.807) is 24.3 Å². The average molecular weight is 296 g/mol. The highest BCUT2D eigenvalue weighted by atomic mass is 32.2. The summed E-state index contributed by atoms with van der Waals surface area (Å²) in [6.45, 7) is 2.01. The third-order valence-corrected chi connectivity index (χ3v) is 5.34. The molecular formula is C14H20N2O3S. The van der Waals surface area contributed by atoms with E-state index >= 15 is 0 Å². The van der Waals surface area contributed by atoms with Crippen molar-refractivity contribution in [1.82, 2.24) is 4.72 Å². The van der Waals surface area contributed by atoms with E-state index in [9.17, 15) is 13.2 Å². The number of nitrogens with one attached hydrogen (secondary N) is 1. The van der Waals surface area contributed by atoms with Gasteiger partial charge in [-0.1, -0.05) is 25.5 Å². The summed E-state index contributed by atoms with van der Waals surface area (Å²) in [4.78, 5) is 11.5. The molecule has 20 heavy (non-hydrogen) atoms. The van der Waals surface area contributed by atoms with Crippen molar-refractivity contribution in [2.45, 2.75) is 43.5 Å². The molecule has 1 fully saturated rings. The summed E-state index contributed by atoms with van der Waals surface area (Å²) in [5, 5.41) is 0. The average Bonchev–Trinajstić information content (AvgIpc) is 2.86. The zero-order chi connectivity index (χ0) is 14.8. The van der Waals surface area contributed by atoms with Crippen molar-refractivity contribution < 1.29 is 13.2 Å². The van der Waals surface area contributed by atoms with Crippen molar-refractivity contribution in [3.63, 3.8) is 0 Å². The van der Waals surface area contributed by atoms with E-state index in [0.29, 0.717) is 12.8 Å². The molecule has 110 valence electrons. The molecule has 2 rings (SSSR count). The molecule has 1 aromatic carbocycles. The molecule has 3 N–H and O–H groups in total. The Labute approximate surface area is 119 Å². The van der Waals surface area contributed by atoms with Crippen LogP contribution in [0.1, 0.15) is 31.7 Å². The van der Waals surface area contributed by atoms with E-state index < -0.39 is 21.8 Å². The van der Waals surface area contributed by atoms with Gasteiger partial charge in [0.05, 0.1) is 10.8 Å². The Morgan fingerprint density at radius 2 is 1.95 bits per heavy atom. The molecule has 2 atom stereocenters. The lowest BCUT2D eigenvalue weighted by molar-refractivity contribution is -0.122. The first-order chi connectivity index (χ1) is 9.44. The second-order valence-electron chi connectivity index (χ2n) is 5.17. The molecule has 1 aromatic rings. The standard InChI is InChI=1S/C14H20N2O3S/c1-2-10-6-8-11(9-7-10)20(18,19)16-13-5-3-4-12(13)14(15)17/h6-9,12-13,16H,2-5H2,1H3,(H2,15,17)/t12-,13-/m0/s1. The first-order valence-corrected chi connectivity index (χ1v) is 8.33. The molecule has 0 aromatic heterocycles. The second kappa shape index (κ2) is 5.93. The summed E-state index contributed by atoms with van der Waals surface area (Å²) < 4.78 is 27.2. The molecule has 0 unspecified atom stereocenters. The van der Waals surface area contributed by atoms with Crippen molar-refractivity contribution in [2.75, 3.05) is 0 Å². The fraction of sp³-hybridized carbons (Fsp3) is 0.500. The SMILES string of the molecule is CCc1ccc(S(=O)(=O)N[C@H]2CCC[C@@H]2C(N)=O)cc1. The minimum atomic E-state index is -3.59. The Bertz CT molecular complexity index is 581. The Morgan fingerprint density at radius 3 is 2.50 bits per heavy atom. The molecule has 0 heterocycles. The van der Waals surface area contributed by atoms with E-state index in [-0.39, 0.29) is 10.9 Å². The number of amides is 1. The van der Waals surface area contributed by atoms with Crippen molar-refractivity contribution >= 4 is 15.9 Å². The molecule has 1 saturated carbocycles. The summed E-state index contributed by atoms with van der Waals surface area (Å²) in [6, 6.07) is 6.40. The molecule has 0 radical (unpaired) electrons. The van der Waals surface area contributed by atoms with Gasteiger partial charge in [-0.25, -0.2) is 13.1 Å². The lowest BCUT2D eigenvalue weighted by atomic mass is 10.0. The van der Waals surface area contributed by atoms with E-state index in [4.69, 9.17) is 5.73 Å². The number of benzene rings is 1. The number of hydrogen-bond donors (Lipinski definition) is 2. The number of carbonyl (C=O) groups is 1. The highest BCUT2D eigenvalue weighted by Crippen LogP contribution is 2.26. The van der Waals surface area contributed by atoms with Crippen LogP contribution >= 0.6 is 0 Å². The number of carbonyl (C=O) groups excluding carboxylic acids is 1. The van der Waals surface area contributed by atoms with Crippen LogP contribution in [0.15, 0.2) is 29.2 Å². The van der Waals surface area contributed by atoms with E-state index in [1.165, 1.54) is 0 Å². The van der Waals surface area contributed by atoms with Crippen LogP contribution in [0.5, 0.6) is 0 Å². The highest BCUT2D eigenvalue weighted by Gasteiger charge is 2.34. The maximum Gasteiger partial charge on any atom is 0.240 e. The Balaban J connectivity index is 2.16. The van der Waals surface area contributed by atoms with Crippen LogP contribution in [0.25, 0.3) is 0 Å². The van der Waals surface area contributed by atoms with Crippen molar-refractivity contribution in [3.8, 4) is 0 Å². The Morgan fingerprint density at radius 1 is 1.30 bits per heavy atom. The van der Waals surface area contributed by atoms with Crippen molar-refractivity contribution in [1.29, 1.82) is 0 Å². The number of sulfonamides is 1.